The Morgan fingerprint density at radius 2 is 2.36 bits per heavy atom. The van der Waals surface area contributed by atoms with E-state index in [4.69, 9.17) is 0 Å². The van der Waals surface area contributed by atoms with Crippen LogP contribution in [0.4, 0.5) is 0 Å². The Morgan fingerprint density at radius 3 is 3.27 bits per heavy atom. The largest absolute Gasteiger partial charge is 0.300 e. The Kier molecular flexibility index (Phi) is 1.92. The van der Waals surface area contributed by atoms with Crippen molar-refractivity contribution in [1.29, 1.82) is 0 Å². The van der Waals surface area contributed by atoms with Crippen molar-refractivity contribution in [2.75, 3.05) is 13.1 Å². The second kappa shape index (κ2) is 2.91. The first-order valence-corrected chi connectivity index (χ1v) is 4.36. The zero-order chi connectivity index (χ0) is 7.68. The first-order chi connectivity index (χ1) is 5.36. The Balaban J connectivity index is 2.07. The van der Waals surface area contributed by atoms with E-state index in [0.29, 0.717) is 12.2 Å². The molecule has 2 heterocycles. The molecule has 0 aromatic heterocycles. The summed E-state index contributed by atoms with van der Waals surface area (Å²) in [5.74, 6) is 0. The van der Waals surface area contributed by atoms with Gasteiger partial charge in [0.2, 0.25) is 0 Å². The fourth-order valence-electron chi connectivity index (χ4n) is 1.81. The first kappa shape index (κ1) is 7.25. The number of hydrogen-bond acceptors (Lipinski definition) is 3. The topological polar surface area (TPSA) is 36.4 Å². The van der Waals surface area contributed by atoms with Gasteiger partial charge in [0.1, 0.15) is 0 Å². The molecule has 0 aromatic rings. The number of nitrogens with zero attached hydrogens (tertiary/aromatic N) is 1. The van der Waals surface area contributed by atoms with Gasteiger partial charge in [0, 0.05) is 12.3 Å². The Labute approximate surface area is 67.3 Å². The van der Waals surface area contributed by atoms with Gasteiger partial charge in [0.05, 0.1) is 12.2 Å². The van der Waals surface area contributed by atoms with Gasteiger partial charge in [-0.15, -0.1) is 0 Å². The number of piperidine rings is 1. The summed E-state index contributed by atoms with van der Waals surface area (Å²) < 4.78 is 0. The highest BCUT2D eigenvalue weighted by Gasteiger charge is 2.26. The van der Waals surface area contributed by atoms with Crippen LogP contribution < -0.4 is 10.6 Å². The van der Waals surface area contributed by atoms with E-state index in [0.717, 1.165) is 13.1 Å². The number of fused-ring (bicyclic) bond motifs is 1. The Bertz CT molecular complexity index is 176. The van der Waals surface area contributed by atoms with Crippen LogP contribution in [0.1, 0.15) is 19.8 Å². The van der Waals surface area contributed by atoms with Gasteiger partial charge in [-0.05, 0) is 26.3 Å². The predicted molar refractivity (Wildman–Crippen MR) is 45.9 cm³/mol. The molecular weight excluding hydrogens is 138 g/mol. The second-order valence-corrected chi connectivity index (χ2v) is 3.39. The van der Waals surface area contributed by atoms with E-state index >= 15 is 0 Å². The molecule has 0 radical (unpaired) electrons. The maximum atomic E-state index is 4.60. The third-order valence-electron chi connectivity index (χ3n) is 2.39. The lowest BCUT2D eigenvalue weighted by Gasteiger charge is -2.34. The van der Waals surface area contributed by atoms with Crippen LogP contribution in [0.25, 0.3) is 0 Å². The van der Waals surface area contributed by atoms with Crippen LogP contribution in [-0.2, 0) is 0 Å². The van der Waals surface area contributed by atoms with Crippen LogP contribution in [0.15, 0.2) is 4.99 Å². The standard InChI is InChI=1S/C8H15N3/c1-6-5-10-8-7(11-6)3-2-4-9-8/h7-10H,2-5H2,1H3. The summed E-state index contributed by atoms with van der Waals surface area (Å²) in [7, 11) is 0. The van der Waals surface area contributed by atoms with E-state index in [9.17, 15) is 0 Å². The zero-order valence-corrected chi connectivity index (χ0v) is 6.93. The van der Waals surface area contributed by atoms with Gasteiger partial charge in [-0.1, -0.05) is 0 Å². The molecule has 3 nitrogen and oxygen atoms in total. The molecule has 62 valence electrons. The smallest absolute Gasteiger partial charge is 0.0805 e. The minimum absolute atomic E-state index is 0.451. The quantitative estimate of drug-likeness (QED) is 0.519. The summed E-state index contributed by atoms with van der Waals surface area (Å²) in [6.07, 6.45) is 2.95. The minimum Gasteiger partial charge on any atom is -0.300 e. The summed E-state index contributed by atoms with van der Waals surface area (Å²) in [5, 5.41) is 6.85. The van der Waals surface area contributed by atoms with Crippen molar-refractivity contribution < 1.29 is 0 Å². The van der Waals surface area contributed by atoms with Gasteiger partial charge in [-0.2, -0.15) is 0 Å². The third-order valence-corrected chi connectivity index (χ3v) is 2.39. The van der Waals surface area contributed by atoms with E-state index in [1.54, 1.807) is 0 Å². The summed E-state index contributed by atoms with van der Waals surface area (Å²) in [5.41, 5.74) is 1.25. The van der Waals surface area contributed by atoms with Crippen LogP contribution >= 0.6 is 0 Å². The molecule has 2 rings (SSSR count). The molecule has 11 heavy (non-hydrogen) atoms. The van der Waals surface area contributed by atoms with E-state index in [2.05, 4.69) is 22.5 Å². The van der Waals surface area contributed by atoms with E-state index in [-0.39, 0.29) is 0 Å². The maximum absolute atomic E-state index is 4.60. The molecule has 2 atom stereocenters. The molecule has 2 aliphatic rings. The molecule has 0 bridgehead atoms. The highest BCUT2D eigenvalue weighted by atomic mass is 15.2. The van der Waals surface area contributed by atoms with Gasteiger partial charge in [0.25, 0.3) is 0 Å². The highest BCUT2D eigenvalue weighted by molar-refractivity contribution is 5.84. The van der Waals surface area contributed by atoms with Gasteiger partial charge in [0.15, 0.2) is 0 Å². The van der Waals surface area contributed by atoms with Crippen molar-refractivity contribution in [2.24, 2.45) is 4.99 Å². The van der Waals surface area contributed by atoms with Gasteiger partial charge >= 0.3 is 0 Å². The highest BCUT2D eigenvalue weighted by Crippen LogP contribution is 2.13. The van der Waals surface area contributed by atoms with Gasteiger partial charge in [-0.25, -0.2) is 0 Å². The lowest BCUT2D eigenvalue weighted by atomic mass is 10.0. The average molecular weight is 153 g/mol. The van der Waals surface area contributed by atoms with Crippen molar-refractivity contribution in [3.8, 4) is 0 Å². The Hall–Kier alpha value is -0.410. The molecule has 0 amide bonds. The number of rotatable bonds is 0. The van der Waals surface area contributed by atoms with Crippen LogP contribution in [-0.4, -0.2) is 31.0 Å². The van der Waals surface area contributed by atoms with Crippen LogP contribution in [0.2, 0.25) is 0 Å². The number of aliphatic imine (C=N–C) groups is 1. The minimum atomic E-state index is 0.451. The molecule has 2 aliphatic heterocycles. The van der Waals surface area contributed by atoms with Crippen LogP contribution in [0.3, 0.4) is 0 Å². The van der Waals surface area contributed by atoms with E-state index in [1.165, 1.54) is 18.6 Å². The van der Waals surface area contributed by atoms with E-state index in [1.807, 2.05) is 0 Å². The molecule has 0 aliphatic carbocycles. The molecule has 3 heteroatoms. The summed E-state index contributed by atoms with van der Waals surface area (Å²) in [6.45, 7) is 4.19. The predicted octanol–water partition coefficient (Wildman–Crippen LogP) is 0.129. The first-order valence-electron chi connectivity index (χ1n) is 4.36. The molecule has 2 unspecified atom stereocenters. The van der Waals surface area contributed by atoms with Crippen molar-refractivity contribution >= 4 is 5.71 Å². The zero-order valence-electron chi connectivity index (χ0n) is 6.93. The number of hydrogen-bond donors (Lipinski definition) is 2. The summed E-state index contributed by atoms with van der Waals surface area (Å²) in [4.78, 5) is 4.60. The normalized spacial score (nSPS) is 37.7. The van der Waals surface area contributed by atoms with Crippen molar-refractivity contribution in [2.45, 2.75) is 32.0 Å². The van der Waals surface area contributed by atoms with Crippen LogP contribution in [0, 0.1) is 0 Å². The van der Waals surface area contributed by atoms with Gasteiger partial charge in [-0.3, -0.25) is 10.3 Å². The lowest BCUT2D eigenvalue weighted by Crippen LogP contribution is -2.57. The Morgan fingerprint density at radius 1 is 1.45 bits per heavy atom. The third kappa shape index (κ3) is 1.44. The monoisotopic (exact) mass is 153 g/mol. The van der Waals surface area contributed by atoms with Crippen molar-refractivity contribution in [3.63, 3.8) is 0 Å². The molecule has 0 saturated carbocycles. The van der Waals surface area contributed by atoms with Gasteiger partial charge < -0.3 is 5.32 Å². The molecule has 2 N–H and O–H groups in total. The molecule has 0 spiro atoms. The van der Waals surface area contributed by atoms with Crippen molar-refractivity contribution in [3.05, 3.63) is 0 Å². The van der Waals surface area contributed by atoms with E-state index < -0.39 is 0 Å². The molecule has 1 fully saturated rings. The van der Waals surface area contributed by atoms with Crippen molar-refractivity contribution in [1.82, 2.24) is 10.6 Å². The lowest BCUT2D eigenvalue weighted by molar-refractivity contribution is 0.303. The molecular formula is C8H15N3. The second-order valence-electron chi connectivity index (χ2n) is 3.39. The van der Waals surface area contributed by atoms with Crippen LogP contribution in [0.5, 0.6) is 0 Å². The SMILES string of the molecule is CC1=NC2CCCNC2NC1. The number of nitrogens with one attached hydrogen (secondary N) is 2. The fraction of sp³-hybridized carbons (Fsp3) is 0.875. The maximum Gasteiger partial charge on any atom is 0.0805 e. The summed E-state index contributed by atoms with van der Waals surface area (Å²) in [6, 6.07) is 0.498. The molecule has 0 aromatic carbocycles. The molecule has 1 saturated heterocycles. The fourth-order valence-corrected chi connectivity index (χ4v) is 1.81. The average Bonchev–Trinajstić information content (AvgIpc) is 2.04. The summed E-state index contributed by atoms with van der Waals surface area (Å²) >= 11 is 0.